The van der Waals surface area contributed by atoms with Gasteiger partial charge in [-0.25, -0.2) is 8.78 Å². The zero-order valence-electron chi connectivity index (χ0n) is 9.95. The summed E-state index contributed by atoms with van der Waals surface area (Å²) >= 11 is 0. The SMILES string of the molecule is CC1CN(C(=O)c2ccc(F)cc2F)CCN1.Cl. The molecule has 1 amide bonds. The Morgan fingerprint density at radius 2 is 2.17 bits per heavy atom. The second-order valence-corrected chi connectivity index (χ2v) is 4.23. The van der Waals surface area contributed by atoms with E-state index < -0.39 is 11.6 Å². The van der Waals surface area contributed by atoms with Gasteiger partial charge in [-0.1, -0.05) is 0 Å². The zero-order valence-corrected chi connectivity index (χ0v) is 10.8. The number of benzene rings is 1. The van der Waals surface area contributed by atoms with Crippen molar-refractivity contribution in [2.75, 3.05) is 19.6 Å². The molecule has 0 radical (unpaired) electrons. The minimum absolute atomic E-state index is 0. The molecule has 0 aromatic heterocycles. The van der Waals surface area contributed by atoms with Crippen molar-refractivity contribution in [3.8, 4) is 0 Å². The Balaban J connectivity index is 0.00000162. The molecule has 0 aliphatic carbocycles. The van der Waals surface area contributed by atoms with Crippen molar-refractivity contribution in [1.82, 2.24) is 10.2 Å². The summed E-state index contributed by atoms with van der Waals surface area (Å²) in [7, 11) is 0. The van der Waals surface area contributed by atoms with Crippen LogP contribution in [0.25, 0.3) is 0 Å². The van der Waals surface area contributed by atoms with Gasteiger partial charge >= 0.3 is 0 Å². The predicted molar refractivity (Wildman–Crippen MR) is 67.0 cm³/mol. The molecule has 1 aliphatic rings. The molecule has 0 spiro atoms. The fourth-order valence-corrected chi connectivity index (χ4v) is 1.95. The summed E-state index contributed by atoms with van der Waals surface area (Å²) in [5, 5.41) is 3.19. The van der Waals surface area contributed by atoms with Crippen molar-refractivity contribution in [2.45, 2.75) is 13.0 Å². The molecule has 1 unspecified atom stereocenters. The zero-order chi connectivity index (χ0) is 12.4. The van der Waals surface area contributed by atoms with Crippen LogP contribution < -0.4 is 5.32 Å². The summed E-state index contributed by atoms with van der Waals surface area (Å²) in [6.07, 6.45) is 0. The van der Waals surface area contributed by atoms with Gasteiger partial charge in [-0.2, -0.15) is 0 Å². The lowest BCUT2D eigenvalue weighted by molar-refractivity contribution is 0.0704. The van der Waals surface area contributed by atoms with Crippen LogP contribution in [0.5, 0.6) is 0 Å². The summed E-state index contributed by atoms with van der Waals surface area (Å²) in [5.41, 5.74) is -0.0690. The highest BCUT2D eigenvalue weighted by molar-refractivity contribution is 5.94. The third-order valence-corrected chi connectivity index (χ3v) is 2.82. The lowest BCUT2D eigenvalue weighted by Gasteiger charge is -2.32. The lowest BCUT2D eigenvalue weighted by atomic mass is 10.1. The highest BCUT2D eigenvalue weighted by atomic mass is 35.5. The molecular weight excluding hydrogens is 262 g/mol. The number of amides is 1. The number of hydrogen-bond acceptors (Lipinski definition) is 2. The quantitative estimate of drug-likeness (QED) is 0.849. The average Bonchev–Trinajstić information content (AvgIpc) is 2.28. The number of halogens is 3. The van der Waals surface area contributed by atoms with Crippen LogP contribution in [0.2, 0.25) is 0 Å². The minimum atomic E-state index is -0.804. The lowest BCUT2D eigenvalue weighted by Crippen LogP contribution is -2.51. The number of carbonyl (C=O) groups is 1. The van der Waals surface area contributed by atoms with Crippen molar-refractivity contribution in [2.24, 2.45) is 0 Å². The number of carbonyl (C=O) groups excluding carboxylic acids is 1. The molecule has 0 saturated carbocycles. The smallest absolute Gasteiger partial charge is 0.256 e. The van der Waals surface area contributed by atoms with Crippen LogP contribution in [0.3, 0.4) is 0 Å². The molecule has 1 saturated heterocycles. The van der Waals surface area contributed by atoms with Gasteiger partial charge in [0.15, 0.2) is 0 Å². The maximum atomic E-state index is 13.4. The predicted octanol–water partition coefficient (Wildman–Crippen LogP) is 1.82. The van der Waals surface area contributed by atoms with E-state index in [9.17, 15) is 13.6 Å². The Morgan fingerprint density at radius 1 is 1.44 bits per heavy atom. The van der Waals surface area contributed by atoms with Crippen LogP contribution >= 0.6 is 12.4 Å². The third-order valence-electron chi connectivity index (χ3n) is 2.82. The van der Waals surface area contributed by atoms with Crippen LogP contribution in [0.4, 0.5) is 8.78 Å². The first-order valence-corrected chi connectivity index (χ1v) is 5.55. The average molecular weight is 277 g/mol. The molecule has 1 aromatic carbocycles. The molecule has 100 valence electrons. The van der Waals surface area contributed by atoms with E-state index in [2.05, 4.69) is 5.32 Å². The van der Waals surface area contributed by atoms with E-state index in [1.165, 1.54) is 6.07 Å². The topological polar surface area (TPSA) is 32.3 Å². The Bertz CT molecular complexity index is 442. The van der Waals surface area contributed by atoms with E-state index in [1.54, 1.807) is 4.90 Å². The Kier molecular flexibility index (Phi) is 5.04. The summed E-state index contributed by atoms with van der Waals surface area (Å²) in [6.45, 7) is 3.73. The molecular formula is C12H15ClF2N2O. The summed E-state index contributed by atoms with van der Waals surface area (Å²) in [5.74, 6) is -1.86. The number of hydrogen-bond donors (Lipinski definition) is 1. The molecule has 1 N–H and O–H groups in total. The molecule has 3 nitrogen and oxygen atoms in total. The van der Waals surface area contributed by atoms with Gasteiger partial charge in [0, 0.05) is 31.7 Å². The van der Waals surface area contributed by atoms with Gasteiger partial charge in [0.1, 0.15) is 11.6 Å². The van der Waals surface area contributed by atoms with Gasteiger partial charge in [-0.3, -0.25) is 4.79 Å². The first kappa shape index (κ1) is 14.9. The van der Waals surface area contributed by atoms with Crippen molar-refractivity contribution >= 4 is 18.3 Å². The molecule has 0 bridgehead atoms. The minimum Gasteiger partial charge on any atom is -0.336 e. The van der Waals surface area contributed by atoms with E-state index in [-0.39, 0.29) is 29.9 Å². The highest BCUT2D eigenvalue weighted by Gasteiger charge is 2.23. The maximum absolute atomic E-state index is 13.4. The van der Waals surface area contributed by atoms with Crippen LogP contribution in [0, 0.1) is 11.6 Å². The first-order chi connectivity index (χ1) is 8.08. The van der Waals surface area contributed by atoms with Crippen LogP contribution in [-0.2, 0) is 0 Å². The molecule has 1 atom stereocenters. The highest BCUT2D eigenvalue weighted by Crippen LogP contribution is 2.13. The first-order valence-electron chi connectivity index (χ1n) is 5.55. The third kappa shape index (κ3) is 3.17. The van der Waals surface area contributed by atoms with E-state index >= 15 is 0 Å². The second kappa shape index (κ2) is 6.11. The Morgan fingerprint density at radius 3 is 2.78 bits per heavy atom. The molecule has 1 aromatic rings. The van der Waals surface area contributed by atoms with Crippen LogP contribution in [0.15, 0.2) is 18.2 Å². The van der Waals surface area contributed by atoms with Gasteiger partial charge in [0.2, 0.25) is 0 Å². The standard InChI is InChI=1S/C12H14F2N2O.ClH/c1-8-7-16(5-4-15-8)12(17)10-3-2-9(13)6-11(10)14;/h2-3,6,8,15H,4-5,7H2,1H3;1H. The van der Waals surface area contributed by atoms with E-state index in [1.807, 2.05) is 6.92 Å². The van der Waals surface area contributed by atoms with Gasteiger partial charge in [0.25, 0.3) is 5.91 Å². The second-order valence-electron chi connectivity index (χ2n) is 4.23. The van der Waals surface area contributed by atoms with Crippen molar-refractivity contribution in [3.63, 3.8) is 0 Å². The monoisotopic (exact) mass is 276 g/mol. The van der Waals surface area contributed by atoms with Gasteiger partial charge < -0.3 is 10.2 Å². The maximum Gasteiger partial charge on any atom is 0.256 e. The normalized spacial score (nSPS) is 19.3. The molecule has 1 heterocycles. The fraction of sp³-hybridized carbons (Fsp3) is 0.417. The molecule has 6 heteroatoms. The van der Waals surface area contributed by atoms with Gasteiger partial charge in [-0.15, -0.1) is 12.4 Å². The summed E-state index contributed by atoms with van der Waals surface area (Å²) in [6, 6.07) is 3.22. The van der Waals surface area contributed by atoms with Crippen molar-refractivity contribution in [3.05, 3.63) is 35.4 Å². The molecule has 18 heavy (non-hydrogen) atoms. The summed E-state index contributed by atoms with van der Waals surface area (Å²) < 4.78 is 26.2. The van der Waals surface area contributed by atoms with Crippen molar-refractivity contribution in [1.29, 1.82) is 0 Å². The summed E-state index contributed by atoms with van der Waals surface area (Å²) in [4.78, 5) is 13.6. The van der Waals surface area contributed by atoms with Gasteiger partial charge in [-0.05, 0) is 19.1 Å². The number of piperazine rings is 1. The van der Waals surface area contributed by atoms with Crippen molar-refractivity contribution < 1.29 is 13.6 Å². The number of rotatable bonds is 1. The van der Waals surface area contributed by atoms with E-state index in [0.29, 0.717) is 19.6 Å². The van der Waals surface area contributed by atoms with E-state index in [4.69, 9.17) is 0 Å². The Hall–Kier alpha value is -1.20. The van der Waals surface area contributed by atoms with Crippen LogP contribution in [-0.4, -0.2) is 36.5 Å². The number of nitrogens with zero attached hydrogens (tertiary/aromatic N) is 1. The van der Waals surface area contributed by atoms with Gasteiger partial charge in [0.05, 0.1) is 5.56 Å². The molecule has 2 rings (SSSR count). The van der Waals surface area contributed by atoms with E-state index in [0.717, 1.165) is 12.1 Å². The fourth-order valence-electron chi connectivity index (χ4n) is 1.95. The molecule has 1 aliphatic heterocycles. The molecule has 1 fully saturated rings. The number of nitrogens with one attached hydrogen (secondary N) is 1. The van der Waals surface area contributed by atoms with Crippen LogP contribution in [0.1, 0.15) is 17.3 Å². The largest absolute Gasteiger partial charge is 0.336 e. The Labute approximate surface area is 111 Å².